The van der Waals surface area contributed by atoms with Crippen LogP contribution in [0, 0.1) is 0 Å². The van der Waals surface area contributed by atoms with E-state index in [-0.39, 0.29) is 27.0 Å². The molecule has 1 aliphatic rings. The lowest BCUT2D eigenvalue weighted by Gasteiger charge is -2.10. The Morgan fingerprint density at radius 1 is 1.20 bits per heavy atom. The first-order valence-corrected chi connectivity index (χ1v) is 6.36. The number of imide groups is 3. The molecule has 20 heavy (non-hydrogen) atoms. The first kappa shape index (κ1) is 12.6. The third-order valence-corrected chi connectivity index (χ3v) is 3.61. The second-order valence-corrected chi connectivity index (χ2v) is 4.85. The Morgan fingerprint density at radius 2 is 1.95 bits per heavy atom. The Kier molecular flexibility index (Phi) is 2.72. The maximum absolute atomic E-state index is 12.3. The van der Waals surface area contributed by atoms with Crippen molar-refractivity contribution >= 4 is 39.3 Å². The van der Waals surface area contributed by atoms with Gasteiger partial charge in [-0.05, 0) is 34.1 Å². The summed E-state index contributed by atoms with van der Waals surface area (Å²) in [5.74, 6) is -2.16. The number of carbonyl (C=O) groups excluding carboxylic acids is 3. The van der Waals surface area contributed by atoms with Gasteiger partial charge in [-0.25, -0.2) is 4.90 Å². The van der Waals surface area contributed by atoms with E-state index in [0.29, 0.717) is 4.90 Å². The van der Waals surface area contributed by atoms with Crippen molar-refractivity contribution in [3.05, 3.63) is 51.9 Å². The molecule has 1 aromatic carbocycles. The molecule has 2 N–H and O–H groups in total. The van der Waals surface area contributed by atoms with E-state index in [1.54, 1.807) is 6.07 Å². The third-order valence-electron chi connectivity index (χ3n) is 3.00. The molecule has 100 valence electrons. The number of halogens is 1. The Morgan fingerprint density at radius 3 is 2.55 bits per heavy atom. The molecule has 0 unspecified atom stereocenters. The molecule has 3 rings (SSSR count). The standard InChI is InChI=1S/C13H7BrN2O4/c14-10-7(4-5-20-10)12(18)16-11(17)6-2-1-3-8(15)9(6)13(16)19/h1-5H,15H2. The van der Waals surface area contributed by atoms with E-state index < -0.39 is 17.7 Å². The average molecular weight is 335 g/mol. The van der Waals surface area contributed by atoms with Gasteiger partial charge in [0.1, 0.15) is 0 Å². The number of hydrogen-bond acceptors (Lipinski definition) is 5. The molecule has 0 saturated carbocycles. The molecule has 3 amide bonds. The van der Waals surface area contributed by atoms with Gasteiger partial charge in [-0.3, -0.25) is 14.4 Å². The van der Waals surface area contributed by atoms with Crippen molar-refractivity contribution in [2.24, 2.45) is 0 Å². The molecule has 0 atom stereocenters. The lowest BCUT2D eigenvalue weighted by Crippen LogP contribution is -2.36. The number of benzene rings is 1. The van der Waals surface area contributed by atoms with Gasteiger partial charge < -0.3 is 10.2 Å². The van der Waals surface area contributed by atoms with Crippen LogP contribution in [0.2, 0.25) is 0 Å². The Balaban J connectivity index is 2.09. The number of nitrogens with zero attached hydrogens (tertiary/aromatic N) is 1. The van der Waals surface area contributed by atoms with Crippen molar-refractivity contribution in [1.82, 2.24) is 4.90 Å². The van der Waals surface area contributed by atoms with Crippen molar-refractivity contribution in [2.45, 2.75) is 0 Å². The molecule has 6 nitrogen and oxygen atoms in total. The smallest absolute Gasteiger partial charge is 0.272 e. The minimum absolute atomic E-state index is 0.0606. The maximum Gasteiger partial charge on any atom is 0.272 e. The number of nitrogens with two attached hydrogens (primary N) is 1. The highest BCUT2D eigenvalue weighted by Crippen LogP contribution is 2.30. The predicted octanol–water partition coefficient (Wildman–Crippen LogP) is 2.06. The van der Waals surface area contributed by atoms with Gasteiger partial charge in [-0.15, -0.1) is 0 Å². The largest absolute Gasteiger partial charge is 0.457 e. The lowest BCUT2D eigenvalue weighted by atomic mass is 10.1. The van der Waals surface area contributed by atoms with Crippen molar-refractivity contribution in [2.75, 3.05) is 5.73 Å². The highest BCUT2D eigenvalue weighted by atomic mass is 79.9. The zero-order chi connectivity index (χ0) is 14.4. The highest BCUT2D eigenvalue weighted by molar-refractivity contribution is 9.10. The van der Waals surface area contributed by atoms with E-state index in [1.807, 2.05) is 0 Å². The van der Waals surface area contributed by atoms with Crippen LogP contribution in [0.15, 0.2) is 39.6 Å². The fraction of sp³-hybridized carbons (Fsp3) is 0. The van der Waals surface area contributed by atoms with Crippen molar-refractivity contribution in [3.8, 4) is 0 Å². The quantitative estimate of drug-likeness (QED) is 0.636. The van der Waals surface area contributed by atoms with E-state index >= 15 is 0 Å². The summed E-state index contributed by atoms with van der Waals surface area (Å²) in [6.45, 7) is 0. The monoisotopic (exact) mass is 334 g/mol. The van der Waals surface area contributed by atoms with E-state index in [4.69, 9.17) is 10.2 Å². The van der Waals surface area contributed by atoms with Crippen molar-refractivity contribution in [3.63, 3.8) is 0 Å². The van der Waals surface area contributed by atoms with Crippen LogP contribution in [0.25, 0.3) is 0 Å². The molecule has 0 radical (unpaired) electrons. The molecule has 0 fully saturated rings. The molecular weight excluding hydrogens is 328 g/mol. The van der Waals surface area contributed by atoms with Gasteiger partial charge in [0.2, 0.25) is 0 Å². The van der Waals surface area contributed by atoms with E-state index in [1.165, 1.54) is 24.5 Å². The molecule has 1 aliphatic heterocycles. The number of rotatable bonds is 1. The highest BCUT2D eigenvalue weighted by Gasteiger charge is 2.42. The molecule has 0 spiro atoms. The molecule has 1 aromatic heterocycles. The second-order valence-electron chi connectivity index (χ2n) is 4.13. The van der Waals surface area contributed by atoms with Crippen molar-refractivity contribution < 1.29 is 18.8 Å². The summed E-state index contributed by atoms with van der Waals surface area (Å²) < 4.78 is 5.10. The van der Waals surface area contributed by atoms with Crippen LogP contribution >= 0.6 is 15.9 Å². The maximum atomic E-state index is 12.3. The van der Waals surface area contributed by atoms with Crippen LogP contribution in [0.1, 0.15) is 31.1 Å². The molecule has 7 heteroatoms. The molecular formula is C13H7BrN2O4. The number of hydrogen-bond donors (Lipinski definition) is 1. The Bertz CT molecular complexity index is 757. The summed E-state index contributed by atoms with van der Waals surface area (Å²) >= 11 is 3.04. The molecule has 0 aliphatic carbocycles. The summed E-state index contributed by atoms with van der Waals surface area (Å²) in [6.07, 6.45) is 1.28. The zero-order valence-electron chi connectivity index (χ0n) is 9.92. The minimum Gasteiger partial charge on any atom is -0.457 e. The number of furan rings is 1. The van der Waals surface area contributed by atoms with Gasteiger partial charge in [0.05, 0.1) is 23.0 Å². The first-order valence-electron chi connectivity index (χ1n) is 5.57. The van der Waals surface area contributed by atoms with E-state index in [9.17, 15) is 14.4 Å². The van der Waals surface area contributed by atoms with Gasteiger partial charge in [0, 0.05) is 5.69 Å². The van der Waals surface area contributed by atoms with Crippen LogP contribution < -0.4 is 5.73 Å². The van der Waals surface area contributed by atoms with Gasteiger partial charge in [0.25, 0.3) is 17.7 Å². The van der Waals surface area contributed by atoms with Crippen LogP contribution in [-0.2, 0) is 0 Å². The lowest BCUT2D eigenvalue weighted by molar-refractivity contribution is 0.0565. The number of amides is 3. The van der Waals surface area contributed by atoms with Crippen LogP contribution in [0.3, 0.4) is 0 Å². The SMILES string of the molecule is Nc1cccc2c1C(=O)N(C(=O)c1ccoc1Br)C2=O. The van der Waals surface area contributed by atoms with Gasteiger partial charge in [0.15, 0.2) is 4.67 Å². The second kappa shape index (κ2) is 4.31. The molecule has 0 bridgehead atoms. The van der Waals surface area contributed by atoms with Gasteiger partial charge in [-0.2, -0.15) is 0 Å². The van der Waals surface area contributed by atoms with Crippen LogP contribution in [0.5, 0.6) is 0 Å². The van der Waals surface area contributed by atoms with Crippen LogP contribution in [0.4, 0.5) is 5.69 Å². The Labute approximate surface area is 121 Å². The fourth-order valence-corrected chi connectivity index (χ4v) is 2.47. The minimum atomic E-state index is -0.753. The predicted molar refractivity (Wildman–Crippen MR) is 72.1 cm³/mol. The summed E-state index contributed by atoms with van der Waals surface area (Å²) in [4.78, 5) is 37.3. The summed E-state index contributed by atoms with van der Waals surface area (Å²) in [5, 5.41) is 0. The summed E-state index contributed by atoms with van der Waals surface area (Å²) in [5.41, 5.74) is 6.15. The normalized spacial score (nSPS) is 13.8. The number of carbonyl (C=O) groups is 3. The fourth-order valence-electron chi connectivity index (χ4n) is 2.06. The van der Waals surface area contributed by atoms with Crippen LogP contribution in [-0.4, -0.2) is 22.6 Å². The zero-order valence-corrected chi connectivity index (χ0v) is 11.5. The van der Waals surface area contributed by atoms with E-state index in [0.717, 1.165) is 0 Å². The van der Waals surface area contributed by atoms with Gasteiger partial charge >= 0.3 is 0 Å². The number of nitrogen functional groups attached to an aromatic ring is 1. The molecule has 2 heterocycles. The van der Waals surface area contributed by atoms with Crippen molar-refractivity contribution in [1.29, 1.82) is 0 Å². The summed E-state index contributed by atoms with van der Waals surface area (Å²) in [7, 11) is 0. The van der Waals surface area contributed by atoms with Gasteiger partial charge in [-0.1, -0.05) is 6.07 Å². The molecule has 2 aromatic rings. The summed E-state index contributed by atoms with van der Waals surface area (Å²) in [6, 6.07) is 5.90. The number of fused-ring (bicyclic) bond motifs is 1. The molecule has 0 saturated heterocycles. The first-order chi connectivity index (χ1) is 9.52. The topological polar surface area (TPSA) is 93.6 Å². The Hall–Kier alpha value is -2.41. The average Bonchev–Trinajstić information content (AvgIpc) is 2.93. The number of anilines is 1. The third kappa shape index (κ3) is 1.60. The van der Waals surface area contributed by atoms with E-state index in [2.05, 4.69) is 15.9 Å².